The molecule has 0 aliphatic carbocycles. The van der Waals surface area contributed by atoms with E-state index in [1.54, 1.807) is 36.4 Å². The van der Waals surface area contributed by atoms with Crippen LogP contribution in [0.25, 0.3) is 6.08 Å². The Hall–Kier alpha value is -4.59. The Bertz CT molecular complexity index is 1300. The first kappa shape index (κ1) is 23.6. The van der Waals surface area contributed by atoms with Gasteiger partial charge in [-0.05, 0) is 54.0 Å². The lowest BCUT2D eigenvalue weighted by molar-refractivity contribution is -0.123. The number of aryl methyl sites for hydroxylation is 1. The summed E-state index contributed by atoms with van der Waals surface area (Å²) in [5.41, 5.74) is 3.80. The molecule has 0 aromatic heterocycles. The number of carboxylic acids is 1. The fourth-order valence-corrected chi connectivity index (χ4v) is 3.56. The van der Waals surface area contributed by atoms with Gasteiger partial charge in [0.2, 0.25) is 0 Å². The van der Waals surface area contributed by atoms with Crippen LogP contribution in [-0.4, -0.2) is 35.0 Å². The number of carbonyl (C=O) groups is 3. The van der Waals surface area contributed by atoms with Crippen molar-refractivity contribution >= 4 is 24.0 Å². The Morgan fingerprint density at radius 3 is 2.31 bits per heavy atom. The van der Waals surface area contributed by atoms with Gasteiger partial charge in [0.15, 0.2) is 11.5 Å². The van der Waals surface area contributed by atoms with Crippen LogP contribution in [-0.2, 0) is 17.9 Å². The van der Waals surface area contributed by atoms with Gasteiger partial charge < -0.3 is 19.9 Å². The van der Waals surface area contributed by atoms with Crippen LogP contribution in [0.1, 0.15) is 32.6 Å². The average molecular weight is 472 g/mol. The van der Waals surface area contributed by atoms with Gasteiger partial charge in [-0.1, -0.05) is 48.0 Å². The van der Waals surface area contributed by atoms with Gasteiger partial charge in [-0.25, -0.2) is 9.59 Å². The minimum Gasteiger partial charge on any atom is -0.493 e. The lowest BCUT2D eigenvalue weighted by Crippen LogP contribution is -2.30. The molecule has 1 fully saturated rings. The van der Waals surface area contributed by atoms with Crippen molar-refractivity contribution in [2.45, 2.75) is 20.1 Å². The molecule has 178 valence electrons. The smallest absolute Gasteiger partial charge is 0.335 e. The van der Waals surface area contributed by atoms with Crippen LogP contribution < -0.4 is 14.8 Å². The van der Waals surface area contributed by atoms with Crippen LogP contribution in [0.4, 0.5) is 4.79 Å². The van der Waals surface area contributed by atoms with E-state index in [-0.39, 0.29) is 24.4 Å². The molecule has 0 saturated carbocycles. The summed E-state index contributed by atoms with van der Waals surface area (Å²) >= 11 is 0. The summed E-state index contributed by atoms with van der Waals surface area (Å²) in [4.78, 5) is 37.4. The summed E-state index contributed by atoms with van der Waals surface area (Å²) in [7, 11) is 1.51. The van der Waals surface area contributed by atoms with Gasteiger partial charge in [0.25, 0.3) is 5.91 Å². The maximum atomic E-state index is 12.8. The van der Waals surface area contributed by atoms with E-state index in [1.165, 1.54) is 24.1 Å². The maximum Gasteiger partial charge on any atom is 0.335 e. The number of ether oxygens (including phenoxy) is 2. The standard InChI is InChI=1S/C27H24N2O6/c1-17-3-5-18(6-4-17)15-29-25(30)22(28-27(29)33)13-20-9-12-23(24(14-20)34-2)35-16-19-7-10-21(11-8-19)26(31)32/h3-14H,15-16H2,1-2H3,(H,28,33)(H,31,32)/b22-13-. The average Bonchev–Trinajstić information content (AvgIpc) is 3.11. The third-order valence-corrected chi connectivity index (χ3v) is 5.52. The Morgan fingerprint density at radius 1 is 0.971 bits per heavy atom. The van der Waals surface area contributed by atoms with Gasteiger partial charge in [0.1, 0.15) is 12.3 Å². The van der Waals surface area contributed by atoms with Crippen molar-refractivity contribution < 1.29 is 29.0 Å². The summed E-state index contributed by atoms with van der Waals surface area (Å²) < 4.78 is 11.3. The second kappa shape index (κ2) is 10.1. The molecule has 8 nitrogen and oxygen atoms in total. The third kappa shape index (κ3) is 5.50. The minimum absolute atomic E-state index is 0.177. The number of carboxylic acid groups (broad SMARTS) is 1. The molecule has 3 aromatic carbocycles. The van der Waals surface area contributed by atoms with Gasteiger partial charge >= 0.3 is 12.0 Å². The van der Waals surface area contributed by atoms with Crippen LogP contribution in [0.2, 0.25) is 0 Å². The molecule has 3 amide bonds. The van der Waals surface area contributed by atoms with Crippen molar-refractivity contribution in [2.24, 2.45) is 0 Å². The zero-order chi connectivity index (χ0) is 24.9. The summed E-state index contributed by atoms with van der Waals surface area (Å²) in [6.45, 7) is 2.38. The number of urea groups is 1. The van der Waals surface area contributed by atoms with Crippen molar-refractivity contribution in [3.05, 3.63) is 100 Å². The van der Waals surface area contributed by atoms with Crippen LogP contribution in [0.15, 0.2) is 72.4 Å². The highest BCUT2D eigenvalue weighted by Gasteiger charge is 2.33. The van der Waals surface area contributed by atoms with Crippen molar-refractivity contribution in [3.63, 3.8) is 0 Å². The van der Waals surface area contributed by atoms with Gasteiger partial charge in [-0.2, -0.15) is 0 Å². The zero-order valence-corrected chi connectivity index (χ0v) is 19.3. The molecule has 1 saturated heterocycles. The summed E-state index contributed by atoms with van der Waals surface area (Å²) in [6, 6.07) is 18.8. The predicted molar refractivity (Wildman–Crippen MR) is 129 cm³/mol. The summed E-state index contributed by atoms with van der Waals surface area (Å²) in [6.07, 6.45) is 1.59. The molecule has 0 spiro atoms. The number of methoxy groups -OCH3 is 1. The lowest BCUT2D eigenvalue weighted by atomic mass is 10.1. The van der Waals surface area contributed by atoms with Gasteiger partial charge in [0, 0.05) is 0 Å². The number of rotatable bonds is 8. The number of nitrogens with zero attached hydrogens (tertiary/aromatic N) is 1. The van der Waals surface area contributed by atoms with Crippen LogP contribution in [0, 0.1) is 6.92 Å². The highest BCUT2D eigenvalue weighted by atomic mass is 16.5. The molecule has 1 aliphatic rings. The summed E-state index contributed by atoms with van der Waals surface area (Å²) in [5.74, 6) is -0.451. The minimum atomic E-state index is -0.987. The molecule has 0 radical (unpaired) electrons. The summed E-state index contributed by atoms with van der Waals surface area (Å²) in [5, 5.41) is 11.6. The fraction of sp³-hybridized carbons (Fsp3) is 0.148. The fourth-order valence-electron chi connectivity index (χ4n) is 3.56. The highest BCUT2D eigenvalue weighted by Crippen LogP contribution is 2.30. The van der Waals surface area contributed by atoms with Crippen LogP contribution >= 0.6 is 0 Å². The number of hydrogen-bond acceptors (Lipinski definition) is 5. The van der Waals surface area contributed by atoms with Crippen molar-refractivity contribution in [1.82, 2.24) is 10.2 Å². The number of hydrogen-bond donors (Lipinski definition) is 2. The van der Waals surface area contributed by atoms with Gasteiger partial charge in [-0.15, -0.1) is 0 Å². The molecule has 0 atom stereocenters. The number of benzene rings is 3. The predicted octanol–water partition coefficient (Wildman–Crippen LogP) is 4.37. The Labute approximate surface area is 202 Å². The van der Waals surface area contributed by atoms with E-state index in [1.807, 2.05) is 31.2 Å². The third-order valence-electron chi connectivity index (χ3n) is 5.52. The zero-order valence-electron chi connectivity index (χ0n) is 19.3. The highest BCUT2D eigenvalue weighted by molar-refractivity contribution is 6.13. The molecule has 1 heterocycles. The molecule has 35 heavy (non-hydrogen) atoms. The number of amides is 3. The topological polar surface area (TPSA) is 105 Å². The molecular formula is C27H24N2O6. The van der Waals surface area contributed by atoms with E-state index in [2.05, 4.69) is 5.32 Å². The first-order valence-corrected chi connectivity index (χ1v) is 10.9. The second-order valence-electron chi connectivity index (χ2n) is 8.07. The molecule has 4 rings (SSSR count). The molecule has 2 N–H and O–H groups in total. The normalized spacial score (nSPS) is 14.2. The number of nitrogens with one attached hydrogen (secondary N) is 1. The molecule has 0 bridgehead atoms. The van der Waals surface area contributed by atoms with E-state index in [4.69, 9.17) is 14.6 Å². The Balaban J connectivity index is 1.45. The van der Waals surface area contributed by atoms with Gasteiger partial charge in [0.05, 0.1) is 19.2 Å². The first-order chi connectivity index (χ1) is 16.8. The second-order valence-corrected chi connectivity index (χ2v) is 8.07. The lowest BCUT2D eigenvalue weighted by Gasteiger charge is -2.12. The Morgan fingerprint density at radius 2 is 1.66 bits per heavy atom. The van der Waals surface area contributed by atoms with Crippen LogP contribution in [0.3, 0.4) is 0 Å². The van der Waals surface area contributed by atoms with E-state index in [0.717, 1.165) is 16.7 Å². The van der Waals surface area contributed by atoms with E-state index >= 15 is 0 Å². The van der Waals surface area contributed by atoms with Crippen molar-refractivity contribution in [3.8, 4) is 11.5 Å². The molecule has 8 heteroatoms. The SMILES string of the molecule is COc1cc(/C=C2\NC(=O)N(Cc3ccc(C)cc3)C2=O)ccc1OCc1ccc(C(=O)O)cc1. The van der Waals surface area contributed by atoms with Crippen molar-refractivity contribution in [2.75, 3.05) is 7.11 Å². The monoisotopic (exact) mass is 472 g/mol. The van der Waals surface area contributed by atoms with E-state index in [0.29, 0.717) is 17.1 Å². The molecule has 1 aliphatic heterocycles. The maximum absolute atomic E-state index is 12.8. The molecular weight excluding hydrogens is 448 g/mol. The largest absolute Gasteiger partial charge is 0.493 e. The Kier molecular flexibility index (Phi) is 6.82. The van der Waals surface area contributed by atoms with Crippen LogP contribution in [0.5, 0.6) is 11.5 Å². The van der Waals surface area contributed by atoms with Crippen molar-refractivity contribution in [1.29, 1.82) is 0 Å². The molecule has 3 aromatic rings. The number of imide groups is 1. The first-order valence-electron chi connectivity index (χ1n) is 10.9. The van der Waals surface area contributed by atoms with E-state index in [9.17, 15) is 14.4 Å². The molecule has 0 unspecified atom stereocenters. The van der Waals surface area contributed by atoms with Gasteiger partial charge in [-0.3, -0.25) is 9.69 Å². The number of carbonyl (C=O) groups excluding carboxylic acids is 2. The van der Waals surface area contributed by atoms with E-state index < -0.39 is 17.9 Å². The number of aromatic carboxylic acids is 1. The quantitative estimate of drug-likeness (QED) is 0.373.